The lowest BCUT2D eigenvalue weighted by Crippen LogP contribution is -2.38. The van der Waals surface area contributed by atoms with E-state index in [-0.39, 0.29) is 36.6 Å². The fourth-order valence-electron chi connectivity index (χ4n) is 2.82. The Balaban J connectivity index is 0. The first-order valence-electron chi connectivity index (χ1n) is 7.77. The highest BCUT2D eigenvalue weighted by Crippen LogP contribution is 2.21. The minimum absolute atomic E-state index is 0. The number of rotatable bonds is 8. The zero-order chi connectivity index (χ0) is 14.1. The normalized spacial score (nSPS) is 16.8. The van der Waals surface area contributed by atoms with Crippen molar-refractivity contribution in [3.8, 4) is 0 Å². The van der Waals surface area contributed by atoms with E-state index in [1.165, 1.54) is 32.1 Å². The van der Waals surface area contributed by atoms with E-state index < -0.39 is 0 Å². The molecule has 21 heavy (non-hydrogen) atoms. The minimum atomic E-state index is 0. The molecule has 1 rings (SSSR count). The van der Waals surface area contributed by atoms with Gasteiger partial charge in [0.15, 0.2) is 0 Å². The van der Waals surface area contributed by atoms with Crippen LogP contribution in [0.15, 0.2) is 0 Å². The van der Waals surface area contributed by atoms with Crippen molar-refractivity contribution >= 4 is 30.7 Å². The Bertz CT molecular complexity index is 261. The summed E-state index contributed by atoms with van der Waals surface area (Å²) in [5, 5.41) is 6.05. The maximum Gasteiger partial charge on any atom is 0.224 e. The molecule has 0 radical (unpaired) electrons. The van der Waals surface area contributed by atoms with Crippen LogP contribution in [-0.4, -0.2) is 50.6 Å². The quantitative estimate of drug-likeness (QED) is 0.666. The van der Waals surface area contributed by atoms with E-state index in [0.717, 1.165) is 32.1 Å². The highest BCUT2D eigenvalue weighted by atomic mass is 35.5. The number of carbonyl (C=O) groups is 1. The molecule has 0 aliphatic heterocycles. The average molecular weight is 342 g/mol. The van der Waals surface area contributed by atoms with E-state index in [9.17, 15) is 4.79 Å². The van der Waals surface area contributed by atoms with Crippen LogP contribution in [0.3, 0.4) is 0 Å². The minimum Gasteiger partial charge on any atom is -0.356 e. The Morgan fingerprint density at radius 3 is 2.43 bits per heavy atom. The maximum absolute atomic E-state index is 11.7. The number of hydrogen-bond acceptors (Lipinski definition) is 3. The van der Waals surface area contributed by atoms with Crippen LogP contribution in [-0.2, 0) is 4.79 Å². The van der Waals surface area contributed by atoms with Crippen molar-refractivity contribution in [2.75, 3.05) is 33.7 Å². The van der Waals surface area contributed by atoms with Crippen molar-refractivity contribution in [2.45, 2.75) is 51.5 Å². The highest BCUT2D eigenvalue weighted by Gasteiger charge is 2.17. The van der Waals surface area contributed by atoms with Gasteiger partial charge >= 0.3 is 0 Å². The summed E-state index contributed by atoms with van der Waals surface area (Å²) in [6.07, 6.45) is 7.92. The van der Waals surface area contributed by atoms with Crippen molar-refractivity contribution in [1.29, 1.82) is 0 Å². The molecule has 6 heteroatoms. The second-order valence-electron chi connectivity index (χ2n) is 5.88. The smallest absolute Gasteiger partial charge is 0.224 e. The summed E-state index contributed by atoms with van der Waals surface area (Å²) < 4.78 is 0. The predicted molar refractivity (Wildman–Crippen MR) is 94.7 cm³/mol. The summed E-state index contributed by atoms with van der Waals surface area (Å²) >= 11 is 0. The summed E-state index contributed by atoms with van der Waals surface area (Å²) in [5.41, 5.74) is 0. The van der Waals surface area contributed by atoms with Crippen molar-refractivity contribution in [3.05, 3.63) is 0 Å². The first-order chi connectivity index (χ1) is 9.15. The second kappa shape index (κ2) is 13.6. The molecule has 1 unspecified atom stereocenters. The molecular formula is C15H33Cl2N3O. The van der Waals surface area contributed by atoms with Gasteiger partial charge in [0.05, 0.1) is 0 Å². The van der Waals surface area contributed by atoms with E-state index in [2.05, 4.69) is 22.6 Å². The van der Waals surface area contributed by atoms with Gasteiger partial charge in [0.1, 0.15) is 0 Å². The molecule has 1 aliphatic carbocycles. The molecule has 1 fully saturated rings. The van der Waals surface area contributed by atoms with Crippen molar-refractivity contribution in [2.24, 2.45) is 5.92 Å². The Morgan fingerprint density at radius 2 is 1.86 bits per heavy atom. The topological polar surface area (TPSA) is 44.4 Å². The van der Waals surface area contributed by atoms with Crippen LogP contribution in [0.25, 0.3) is 0 Å². The lowest BCUT2D eigenvalue weighted by atomic mass is 9.94. The van der Waals surface area contributed by atoms with Gasteiger partial charge in [-0.15, -0.1) is 24.8 Å². The van der Waals surface area contributed by atoms with Gasteiger partial charge in [-0.25, -0.2) is 0 Å². The number of hydrogen-bond donors (Lipinski definition) is 2. The van der Waals surface area contributed by atoms with Gasteiger partial charge in [-0.2, -0.15) is 0 Å². The standard InChI is InChI=1S/C15H31N3O.2ClH/c1-13(12-16-2)15(19)17-10-7-11-18(3)14-8-5-4-6-9-14;;/h13-14,16H,4-12H2,1-3H3,(H,17,19);2*1H. The van der Waals surface area contributed by atoms with E-state index in [0.29, 0.717) is 0 Å². The fraction of sp³-hybridized carbons (Fsp3) is 0.933. The summed E-state index contributed by atoms with van der Waals surface area (Å²) in [4.78, 5) is 14.2. The van der Waals surface area contributed by atoms with Crippen LogP contribution in [0.5, 0.6) is 0 Å². The molecule has 1 saturated carbocycles. The Morgan fingerprint density at radius 1 is 1.24 bits per heavy atom. The Hall–Kier alpha value is -0.0300. The molecule has 0 saturated heterocycles. The molecule has 0 aromatic heterocycles. The van der Waals surface area contributed by atoms with E-state index in [1.54, 1.807) is 0 Å². The number of halogens is 2. The van der Waals surface area contributed by atoms with E-state index in [4.69, 9.17) is 0 Å². The summed E-state index contributed by atoms with van der Waals surface area (Å²) in [6, 6.07) is 0.771. The molecule has 128 valence electrons. The molecular weight excluding hydrogens is 309 g/mol. The van der Waals surface area contributed by atoms with Crippen LogP contribution >= 0.6 is 24.8 Å². The van der Waals surface area contributed by atoms with Crippen LogP contribution in [0.2, 0.25) is 0 Å². The third-order valence-electron chi connectivity index (χ3n) is 4.14. The molecule has 1 aliphatic rings. The zero-order valence-corrected chi connectivity index (χ0v) is 15.3. The molecule has 2 N–H and O–H groups in total. The van der Waals surface area contributed by atoms with Gasteiger partial charge in [0.2, 0.25) is 5.91 Å². The summed E-state index contributed by atoms with van der Waals surface area (Å²) in [7, 11) is 4.10. The third kappa shape index (κ3) is 9.56. The number of nitrogens with zero attached hydrogens (tertiary/aromatic N) is 1. The number of carbonyl (C=O) groups excluding carboxylic acids is 1. The molecule has 0 aromatic rings. The van der Waals surface area contributed by atoms with Crippen LogP contribution < -0.4 is 10.6 Å². The van der Waals surface area contributed by atoms with Gasteiger partial charge in [-0.3, -0.25) is 4.79 Å². The maximum atomic E-state index is 11.7. The molecule has 1 atom stereocenters. The molecule has 4 nitrogen and oxygen atoms in total. The van der Waals surface area contributed by atoms with Crippen molar-refractivity contribution in [3.63, 3.8) is 0 Å². The third-order valence-corrected chi connectivity index (χ3v) is 4.14. The summed E-state index contributed by atoms with van der Waals surface area (Å²) in [5.74, 6) is 0.218. The highest BCUT2D eigenvalue weighted by molar-refractivity contribution is 5.85. The fourth-order valence-corrected chi connectivity index (χ4v) is 2.82. The van der Waals surface area contributed by atoms with Crippen molar-refractivity contribution < 1.29 is 4.79 Å². The SMILES string of the molecule is CNCC(C)C(=O)NCCCN(C)C1CCCCC1.Cl.Cl. The largest absolute Gasteiger partial charge is 0.356 e. The first-order valence-corrected chi connectivity index (χ1v) is 7.77. The van der Waals surface area contributed by atoms with Crippen LogP contribution in [0, 0.1) is 5.92 Å². The average Bonchev–Trinajstić information content (AvgIpc) is 2.44. The van der Waals surface area contributed by atoms with Gasteiger partial charge in [-0.1, -0.05) is 26.2 Å². The lowest BCUT2D eigenvalue weighted by Gasteiger charge is -2.31. The van der Waals surface area contributed by atoms with E-state index in [1.807, 2.05) is 14.0 Å². The van der Waals surface area contributed by atoms with Crippen LogP contribution in [0.1, 0.15) is 45.4 Å². The van der Waals surface area contributed by atoms with Gasteiger partial charge in [0.25, 0.3) is 0 Å². The Labute approximate surface area is 142 Å². The zero-order valence-electron chi connectivity index (χ0n) is 13.7. The number of amides is 1. The van der Waals surface area contributed by atoms with Crippen LogP contribution in [0.4, 0.5) is 0 Å². The molecule has 0 bridgehead atoms. The lowest BCUT2D eigenvalue weighted by molar-refractivity contribution is -0.124. The van der Waals surface area contributed by atoms with Gasteiger partial charge in [-0.05, 0) is 39.9 Å². The monoisotopic (exact) mass is 341 g/mol. The molecule has 0 aromatic carbocycles. The molecule has 1 amide bonds. The van der Waals surface area contributed by atoms with Gasteiger partial charge < -0.3 is 15.5 Å². The van der Waals surface area contributed by atoms with Gasteiger partial charge in [0, 0.05) is 25.0 Å². The predicted octanol–water partition coefficient (Wildman–Crippen LogP) is 2.46. The van der Waals surface area contributed by atoms with Crippen molar-refractivity contribution in [1.82, 2.24) is 15.5 Å². The number of nitrogens with one attached hydrogen (secondary N) is 2. The first kappa shape index (κ1) is 23.2. The summed E-state index contributed by atoms with van der Waals surface area (Å²) in [6.45, 7) is 4.59. The molecule has 0 heterocycles. The Kier molecular flexibility index (Phi) is 15.1. The molecule has 0 spiro atoms. The second-order valence-corrected chi connectivity index (χ2v) is 5.88. The van der Waals surface area contributed by atoms with E-state index >= 15 is 0 Å².